The summed E-state index contributed by atoms with van der Waals surface area (Å²) in [5.41, 5.74) is 3.53. The van der Waals surface area contributed by atoms with Crippen molar-refractivity contribution in [3.05, 3.63) is 39.5 Å². The van der Waals surface area contributed by atoms with E-state index in [0.29, 0.717) is 16.1 Å². The van der Waals surface area contributed by atoms with Gasteiger partial charge in [-0.2, -0.15) is 5.10 Å². The van der Waals surface area contributed by atoms with Crippen LogP contribution < -0.4 is 5.32 Å². The van der Waals surface area contributed by atoms with E-state index < -0.39 is 0 Å². The van der Waals surface area contributed by atoms with Crippen molar-refractivity contribution in [3.8, 4) is 5.69 Å². The van der Waals surface area contributed by atoms with Gasteiger partial charge in [0, 0.05) is 12.1 Å². The predicted octanol–water partition coefficient (Wildman–Crippen LogP) is 4.30. The van der Waals surface area contributed by atoms with Crippen LogP contribution in [0, 0.1) is 0 Å². The maximum atomic E-state index is 6.19. The normalized spacial score (nSPS) is 21.3. The molecule has 1 saturated heterocycles. The minimum absolute atomic E-state index is 0.418. The summed E-state index contributed by atoms with van der Waals surface area (Å²) in [6.45, 7) is 2.12. The zero-order valence-corrected chi connectivity index (χ0v) is 14.7. The van der Waals surface area contributed by atoms with Gasteiger partial charge in [0.2, 0.25) is 0 Å². The van der Waals surface area contributed by atoms with E-state index in [2.05, 4.69) is 17.3 Å². The van der Waals surface area contributed by atoms with Gasteiger partial charge in [0.25, 0.3) is 0 Å². The molecule has 122 valence electrons. The summed E-state index contributed by atoms with van der Waals surface area (Å²) in [7, 11) is 2.21. The SMILES string of the molecule is CN1CCCCC1c1nn(-c2ccc(Cl)c(Cl)c2)c2c1CCN2. The third-order valence-corrected chi connectivity index (χ3v) is 5.65. The zero-order valence-electron chi connectivity index (χ0n) is 13.1. The molecule has 2 aliphatic heterocycles. The molecule has 2 aliphatic rings. The van der Waals surface area contributed by atoms with Gasteiger partial charge in [0.15, 0.2) is 0 Å². The highest BCUT2D eigenvalue weighted by Crippen LogP contribution is 2.38. The first-order chi connectivity index (χ1) is 11.1. The first-order valence-corrected chi connectivity index (χ1v) is 8.92. The van der Waals surface area contributed by atoms with Crippen LogP contribution in [0.5, 0.6) is 0 Å². The lowest BCUT2D eigenvalue weighted by molar-refractivity contribution is 0.182. The molecule has 1 aromatic heterocycles. The predicted molar refractivity (Wildman–Crippen MR) is 95.0 cm³/mol. The van der Waals surface area contributed by atoms with Crippen molar-refractivity contribution in [2.75, 3.05) is 25.5 Å². The average molecular weight is 351 g/mol. The second-order valence-corrected chi connectivity index (χ2v) is 7.21. The van der Waals surface area contributed by atoms with Crippen molar-refractivity contribution in [3.63, 3.8) is 0 Å². The third kappa shape index (κ3) is 2.63. The minimum Gasteiger partial charge on any atom is -0.369 e. The Labute approximate surface area is 146 Å². The maximum Gasteiger partial charge on any atom is 0.133 e. The molecule has 1 N–H and O–H groups in total. The van der Waals surface area contributed by atoms with E-state index in [1.54, 1.807) is 0 Å². The fourth-order valence-corrected chi connectivity index (χ4v) is 3.99. The van der Waals surface area contributed by atoms with E-state index in [4.69, 9.17) is 28.3 Å². The Morgan fingerprint density at radius 3 is 2.87 bits per heavy atom. The highest BCUT2D eigenvalue weighted by Gasteiger charge is 2.31. The molecule has 4 rings (SSSR count). The van der Waals surface area contributed by atoms with Crippen molar-refractivity contribution in [2.24, 2.45) is 0 Å². The fourth-order valence-electron chi connectivity index (χ4n) is 3.69. The summed E-state index contributed by atoms with van der Waals surface area (Å²) in [5.74, 6) is 1.11. The van der Waals surface area contributed by atoms with Crippen molar-refractivity contribution >= 4 is 29.0 Å². The number of likely N-dealkylation sites (tertiary alicyclic amines) is 1. The van der Waals surface area contributed by atoms with Crippen LogP contribution in [-0.2, 0) is 6.42 Å². The summed E-state index contributed by atoms with van der Waals surface area (Å²) in [6, 6.07) is 6.09. The molecule has 1 fully saturated rings. The number of hydrogen-bond donors (Lipinski definition) is 1. The van der Waals surface area contributed by atoms with Gasteiger partial charge in [-0.25, -0.2) is 4.68 Å². The topological polar surface area (TPSA) is 33.1 Å². The second kappa shape index (κ2) is 6.00. The van der Waals surface area contributed by atoms with Gasteiger partial charge in [-0.15, -0.1) is 0 Å². The number of halogens is 2. The largest absolute Gasteiger partial charge is 0.369 e. The van der Waals surface area contributed by atoms with Crippen LogP contribution in [0.1, 0.15) is 36.6 Å². The standard InChI is InChI=1S/C17H20Cl2N4/c1-22-9-3-2-4-15(22)16-12-7-8-20-17(12)23(21-16)11-5-6-13(18)14(19)10-11/h5-6,10,15,20H,2-4,7-9H2,1H3. The smallest absolute Gasteiger partial charge is 0.133 e. The Balaban J connectivity index is 1.79. The number of aromatic nitrogens is 2. The molecule has 0 saturated carbocycles. The number of hydrogen-bond acceptors (Lipinski definition) is 3. The van der Waals surface area contributed by atoms with Crippen LogP contribution in [0.3, 0.4) is 0 Å². The van der Waals surface area contributed by atoms with Crippen LogP contribution in [-0.4, -0.2) is 34.8 Å². The van der Waals surface area contributed by atoms with Gasteiger partial charge in [-0.05, 0) is 51.1 Å². The molecule has 4 nitrogen and oxygen atoms in total. The molecular weight excluding hydrogens is 331 g/mol. The van der Waals surface area contributed by atoms with Gasteiger partial charge in [-0.3, -0.25) is 4.90 Å². The maximum absolute atomic E-state index is 6.19. The van der Waals surface area contributed by atoms with E-state index >= 15 is 0 Å². The van der Waals surface area contributed by atoms with E-state index in [-0.39, 0.29) is 0 Å². The molecule has 0 bridgehead atoms. The van der Waals surface area contributed by atoms with Crippen molar-refractivity contribution < 1.29 is 0 Å². The Kier molecular flexibility index (Phi) is 4.00. The number of fused-ring (bicyclic) bond motifs is 1. The van der Waals surface area contributed by atoms with Crippen LogP contribution in [0.15, 0.2) is 18.2 Å². The van der Waals surface area contributed by atoms with Crippen molar-refractivity contribution in [1.29, 1.82) is 0 Å². The van der Waals surface area contributed by atoms with Gasteiger partial charge in [0.1, 0.15) is 5.82 Å². The number of benzene rings is 1. The molecule has 1 unspecified atom stereocenters. The lowest BCUT2D eigenvalue weighted by atomic mass is 9.97. The Hall–Kier alpha value is -1.23. The fraction of sp³-hybridized carbons (Fsp3) is 0.471. The second-order valence-electron chi connectivity index (χ2n) is 6.39. The lowest BCUT2D eigenvalue weighted by Gasteiger charge is -2.31. The molecule has 0 amide bonds. The lowest BCUT2D eigenvalue weighted by Crippen LogP contribution is -2.30. The minimum atomic E-state index is 0.418. The molecule has 1 aromatic carbocycles. The van der Waals surface area contributed by atoms with Crippen LogP contribution in [0.25, 0.3) is 5.69 Å². The molecule has 3 heterocycles. The molecule has 2 aromatic rings. The van der Waals surface area contributed by atoms with E-state index in [1.807, 2.05) is 22.9 Å². The number of anilines is 1. The zero-order chi connectivity index (χ0) is 16.0. The molecule has 23 heavy (non-hydrogen) atoms. The van der Waals surface area contributed by atoms with Crippen LogP contribution in [0.4, 0.5) is 5.82 Å². The molecule has 0 radical (unpaired) electrons. The molecule has 1 atom stereocenters. The Morgan fingerprint density at radius 2 is 2.09 bits per heavy atom. The highest BCUT2D eigenvalue weighted by molar-refractivity contribution is 6.42. The van der Waals surface area contributed by atoms with Crippen molar-refractivity contribution in [1.82, 2.24) is 14.7 Å². The third-order valence-electron chi connectivity index (χ3n) is 4.92. The van der Waals surface area contributed by atoms with Gasteiger partial charge in [-0.1, -0.05) is 29.6 Å². The molecular formula is C17H20Cl2N4. The van der Waals surface area contributed by atoms with E-state index in [9.17, 15) is 0 Å². The molecule has 6 heteroatoms. The van der Waals surface area contributed by atoms with Gasteiger partial charge in [0.05, 0.1) is 27.5 Å². The molecule has 0 aliphatic carbocycles. The number of piperidine rings is 1. The number of rotatable bonds is 2. The number of nitrogens with one attached hydrogen (secondary N) is 1. The Morgan fingerprint density at radius 1 is 1.22 bits per heavy atom. The molecule has 0 spiro atoms. The van der Waals surface area contributed by atoms with Gasteiger partial charge >= 0.3 is 0 Å². The van der Waals surface area contributed by atoms with E-state index in [0.717, 1.165) is 31.0 Å². The monoisotopic (exact) mass is 350 g/mol. The summed E-state index contributed by atoms with van der Waals surface area (Å²) in [6.07, 6.45) is 4.77. The number of nitrogens with zero attached hydrogens (tertiary/aromatic N) is 3. The van der Waals surface area contributed by atoms with Crippen LogP contribution in [0.2, 0.25) is 10.0 Å². The summed E-state index contributed by atoms with van der Waals surface area (Å²) < 4.78 is 1.99. The van der Waals surface area contributed by atoms with Gasteiger partial charge < -0.3 is 5.32 Å². The summed E-state index contributed by atoms with van der Waals surface area (Å²) >= 11 is 12.2. The van der Waals surface area contributed by atoms with Crippen molar-refractivity contribution in [2.45, 2.75) is 31.7 Å². The first-order valence-electron chi connectivity index (χ1n) is 8.16. The summed E-state index contributed by atoms with van der Waals surface area (Å²) in [5, 5.41) is 9.57. The van der Waals surface area contributed by atoms with Crippen LogP contribution >= 0.6 is 23.2 Å². The highest BCUT2D eigenvalue weighted by atomic mass is 35.5. The van der Waals surface area contributed by atoms with E-state index in [1.165, 1.54) is 30.5 Å². The summed E-state index contributed by atoms with van der Waals surface area (Å²) in [4.78, 5) is 2.43. The first kappa shape index (κ1) is 15.3. The quantitative estimate of drug-likeness (QED) is 0.876. The Bertz CT molecular complexity index is 740. The average Bonchev–Trinajstić information content (AvgIpc) is 3.13.